The van der Waals surface area contributed by atoms with E-state index in [1.165, 1.54) is 5.57 Å². The van der Waals surface area contributed by atoms with Crippen molar-refractivity contribution in [1.82, 2.24) is 0 Å². The third-order valence-electron chi connectivity index (χ3n) is 4.53. The Hall–Kier alpha value is -1.51. The van der Waals surface area contributed by atoms with E-state index >= 15 is 0 Å². The maximum atomic E-state index is 12.8. The maximum absolute atomic E-state index is 12.8. The van der Waals surface area contributed by atoms with Gasteiger partial charge in [-0.1, -0.05) is 37.1 Å². The van der Waals surface area contributed by atoms with Gasteiger partial charge in [-0.3, -0.25) is 14.4 Å². The number of allylic oxidation sites excluding steroid dienone is 4. The second-order valence-corrected chi connectivity index (χ2v) is 7.89. The molecular formula is C21H32O3. The predicted octanol–water partition coefficient (Wildman–Crippen LogP) is 4.70. The Balaban J connectivity index is 3.00. The fourth-order valence-electron chi connectivity index (χ4n) is 3.34. The number of hydrogen-bond acceptors (Lipinski definition) is 3. The summed E-state index contributed by atoms with van der Waals surface area (Å²) in [6.45, 7) is 11.9. The van der Waals surface area contributed by atoms with Crippen molar-refractivity contribution in [2.24, 2.45) is 23.7 Å². The molecule has 3 heteroatoms. The summed E-state index contributed by atoms with van der Waals surface area (Å²) in [7, 11) is 0. The number of carbonyl (C=O) groups is 3. The van der Waals surface area contributed by atoms with Gasteiger partial charge >= 0.3 is 0 Å². The first kappa shape index (κ1) is 20.5. The molecule has 1 rings (SSSR count). The lowest BCUT2D eigenvalue weighted by Crippen LogP contribution is -2.27. The van der Waals surface area contributed by atoms with Crippen molar-refractivity contribution in [3.05, 3.63) is 23.3 Å². The standard InChI is InChI=1S/C21H32O3/c1-13(2)8-7-9-16-17(11-10-14(3)4)21(24)19(20(16)23)18(22)12-15(5)6/h8,10,15-17,19H,7,9,11-12H2,1-6H3. The summed E-state index contributed by atoms with van der Waals surface area (Å²) in [5.41, 5.74) is 2.34. The molecule has 3 nitrogen and oxygen atoms in total. The van der Waals surface area contributed by atoms with Gasteiger partial charge in [0.05, 0.1) is 0 Å². The normalized spacial score (nSPS) is 23.5. The van der Waals surface area contributed by atoms with Crippen LogP contribution in [0.4, 0.5) is 0 Å². The van der Waals surface area contributed by atoms with Crippen molar-refractivity contribution >= 4 is 17.3 Å². The number of carbonyl (C=O) groups excluding carboxylic acids is 3. The lowest BCUT2D eigenvalue weighted by atomic mass is 9.87. The summed E-state index contributed by atoms with van der Waals surface area (Å²) >= 11 is 0. The molecule has 0 bridgehead atoms. The molecule has 1 fully saturated rings. The minimum atomic E-state index is -1.01. The van der Waals surface area contributed by atoms with Gasteiger partial charge in [0.2, 0.25) is 0 Å². The predicted molar refractivity (Wildman–Crippen MR) is 97.7 cm³/mol. The van der Waals surface area contributed by atoms with Crippen molar-refractivity contribution in [3.8, 4) is 0 Å². The summed E-state index contributed by atoms with van der Waals surface area (Å²) in [6, 6.07) is 0. The molecule has 24 heavy (non-hydrogen) atoms. The van der Waals surface area contributed by atoms with Crippen LogP contribution in [0.2, 0.25) is 0 Å². The van der Waals surface area contributed by atoms with Crippen LogP contribution in [0.25, 0.3) is 0 Å². The summed E-state index contributed by atoms with van der Waals surface area (Å²) < 4.78 is 0. The maximum Gasteiger partial charge on any atom is 0.154 e. The van der Waals surface area contributed by atoms with Crippen LogP contribution >= 0.6 is 0 Å². The highest BCUT2D eigenvalue weighted by Gasteiger charge is 2.50. The van der Waals surface area contributed by atoms with E-state index in [4.69, 9.17) is 0 Å². The molecule has 3 atom stereocenters. The van der Waals surface area contributed by atoms with E-state index in [0.717, 1.165) is 12.0 Å². The molecule has 0 aromatic rings. The zero-order valence-corrected chi connectivity index (χ0v) is 16.0. The molecule has 0 aliphatic heterocycles. The van der Waals surface area contributed by atoms with Crippen LogP contribution in [0, 0.1) is 23.7 Å². The molecule has 134 valence electrons. The average molecular weight is 332 g/mol. The monoisotopic (exact) mass is 332 g/mol. The zero-order valence-electron chi connectivity index (χ0n) is 16.0. The molecule has 0 spiro atoms. The molecule has 0 saturated heterocycles. The molecule has 0 radical (unpaired) electrons. The van der Waals surface area contributed by atoms with Gasteiger partial charge in [-0.2, -0.15) is 0 Å². The highest BCUT2D eigenvalue weighted by molar-refractivity contribution is 6.25. The highest BCUT2D eigenvalue weighted by Crippen LogP contribution is 2.37. The second kappa shape index (κ2) is 9.10. The van der Waals surface area contributed by atoms with Crippen LogP contribution in [0.1, 0.15) is 67.2 Å². The van der Waals surface area contributed by atoms with E-state index in [0.29, 0.717) is 19.3 Å². The first-order valence-corrected chi connectivity index (χ1v) is 9.02. The molecule has 0 heterocycles. The molecular weight excluding hydrogens is 300 g/mol. The van der Waals surface area contributed by atoms with Crippen molar-refractivity contribution < 1.29 is 14.4 Å². The summed E-state index contributed by atoms with van der Waals surface area (Å²) in [5, 5.41) is 0. The molecule has 1 aliphatic carbocycles. The Labute approximate surface area is 146 Å². The summed E-state index contributed by atoms with van der Waals surface area (Å²) in [6.07, 6.45) is 6.42. The van der Waals surface area contributed by atoms with Crippen LogP contribution in [0.15, 0.2) is 23.3 Å². The minimum absolute atomic E-state index is 0.139. The van der Waals surface area contributed by atoms with Gasteiger partial charge in [-0.15, -0.1) is 0 Å². The molecule has 1 aliphatic rings. The smallest absolute Gasteiger partial charge is 0.154 e. The Morgan fingerprint density at radius 1 is 0.958 bits per heavy atom. The lowest BCUT2D eigenvalue weighted by molar-refractivity contribution is -0.137. The topological polar surface area (TPSA) is 51.2 Å². The fourth-order valence-corrected chi connectivity index (χ4v) is 3.34. The number of hydrogen-bond donors (Lipinski definition) is 0. The van der Waals surface area contributed by atoms with Crippen molar-refractivity contribution in [2.45, 2.75) is 67.2 Å². The Morgan fingerprint density at radius 3 is 2.00 bits per heavy atom. The van der Waals surface area contributed by atoms with E-state index in [1.807, 2.05) is 47.6 Å². The Bertz CT molecular complexity index is 543. The zero-order chi connectivity index (χ0) is 18.4. The fraction of sp³-hybridized carbons (Fsp3) is 0.667. The van der Waals surface area contributed by atoms with Crippen LogP contribution in [0.5, 0.6) is 0 Å². The number of ketones is 3. The van der Waals surface area contributed by atoms with E-state index < -0.39 is 5.92 Å². The van der Waals surface area contributed by atoms with Crippen LogP contribution < -0.4 is 0 Å². The second-order valence-electron chi connectivity index (χ2n) is 7.89. The molecule has 0 aromatic heterocycles. The van der Waals surface area contributed by atoms with Gasteiger partial charge in [0, 0.05) is 18.3 Å². The van der Waals surface area contributed by atoms with Gasteiger partial charge in [-0.05, 0) is 52.9 Å². The molecule has 0 amide bonds. The van der Waals surface area contributed by atoms with Crippen molar-refractivity contribution in [1.29, 1.82) is 0 Å². The molecule has 3 unspecified atom stereocenters. The minimum Gasteiger partial charge on any atom is -0.298 e. The Kier molecular flexibility index (Phi) is 7.78. The third kappa shape index (κ3) is 5.54. The molecule has 0 aromatic carbocycles. The quantitative estimate of drug-likeness (QED) is 0.478. The van der Waals surface area contributed by atoms with Crippen LogP contribution in [-0.4, -0.2) is 17.3 Å². The summed E-state index contributed by atoms with van der Waals surface area (Å²) in [5.74, 6) is -1.97. The lowest BCUT2D eigenvalue weighted by Gasteiger charge is -2.14. The Morgan fingerprint density at radius 2 is 1.50 bits per heavy atom. The van der Waals surface area contributed by atoms with Crippen molar-refractivity contribution in [2.75, 3.05) is 0 Å². The van der Waals surface area contributed by atoms with Gasteiger partial charge in [0.25, 0.3) is 0 Å². The van der Waals surface area contributed by atoms with Crippen molar-refractivity contribution in [3.63, 3.8) is 0 Å². The van der Waals surface area contributed by atoms with Gasteiger partial charge in [0.15, 0.2) is 17.3 Å². The molecule has 1 saturated carbocycles. The van der Waals surface area contributed by atoms with Crippen LogP contribution in [0.3, 0.4) is 0 Å². The summed E-state index contributed by atoms with van der Waals surface area (Å²) in [4.78, 5) is 38.0. The van der Waals surface area contributed by atoms with Gasteiger partial charge in [0.1, 0.15) is 5.92 Å². The SMILES string of the molecule is CC(C)=CCCC1C(=O)C(C(=O)CC(C)C)C(=O)C1CC=C(C)C. The van der Waals surface area contributed by atoms with Gasteiger partial charge < -0.3 is 0 Å². The van der Waals surface area contributed by atoms with E-state index in [-0.39, 0.29) is 35.1 Å². The third-order valence-corrected chi connectivity index (χ3v) is 4.53. The van der Waals surface area contributed by atoms with Crippen LogP contribution in [-0.2, 0) is 14.4 Å². The van der Waals surface area contributed by atoms with Gasteiger partial charge in [-0.25, -0.2) is 0 Å². The van der Waals surface area contributed by atoms with E-state index in [9.17, 15) is 14.4 Å². The van der Waals surface area contributed by atoms with E-state index in [1.54, 1.807) is 0 Å². The van der Waals surface area contributed by atoms with E-state index in [2.05, 4.69) is 6.08 Å². The first-order chi connectivity index (χ1) is 11.1. The number of rotatable bonds is 8. The average Bonchev–Trinajstić information content (AvgIpc) is 2.66. The number of Topliss-reactive ketones (excluding diaryl/α,β-unsaturated/α-hetero) is 3. The molecule has 0 N–H and O–H groups in total. The highest BCUT2D eigenvalue weighted by atomic mass is 16.2. The largest absolute Gasteiger partial charge is 0.298 e. The first-order valence-electron chi connectivity index (χ1n) is 9.02.